The number of piperidine rings is 1. The molecule has 8 nitrogen and oxygen atoms in total. The highest BCUT2D eigenvalue weighted by Gasteiger charge is 2.39. The number of anilines is 1. The smallest absolute Gasteiger partial charge is 0.256 e. The largest absolute Gasteiger partial charge is 0.341 e. The summed E-state index contributed by atoms with van der Waals surface area (Å²) < 4.78 is 13.8. The van der Waals surface area contributed by atoms with E-state index in [4.69, 9.17) is 11.6 Å². The number of nitrogens with one attached hydrogen (secondary N) is 2. The van der Waals surface area contributed by atoms with Crippen LogP contribution < -0.4 is 10.6 Å². The van der Waals surface area contributed by atoms with Gasteiger partial charge < -0.3 is 25.3 Å². The van der Waals surface area contributed by atoms with Crippen molar-refractivity contribution in [2.45, 2.75) is 37.8 Å². The lowest BCUT2D eigenvalue weighted by Crippen LogP contribution is -2.58. The average molecular weight is 542 g/mol. The minimum Gasteiger partial charge on any atom is -0.341 e. The number of hydrogen-bond donors (Lipinski definition) is 2. The maximum atomic E-state index is 13.8. The molecule has 0 radical (unpaired) electrons. The van der Waals surface area contributed by atoms with Gasteiger partial charge in [-0.1, -0.05) is 23.7 Å². The van der Waals surface area contributed by atoms with Crippen LogP contribution in [0.4, 0.5) is 10.1 Å². The lowest BCUT2D eigenvalue weighted by molar-refractivity contribution is -0.126. The van der Waals surface area contributed by atoms with E-state index in [1.54, 1.807) is 24.3 Å². The lowest BCUT2D eigenvalue weighted by atomic mass is 10.0. The van der Waals surface area contributed by atoms with Crippen molar-refractivity contribution in [3.8, 4) is 11.1 Å². The number of hydrogen-bond acceptors (Lipinski definition) is 5. The number of nitrogens with zero attached hydrogens (tertiary/aromatic N) is 3. The van der Waals surface area contributed by atoms with E-state index in [0.717, 1.165) is 6.04 Å². The van der Waals surface area contributed by atoms with E-state index in [0.29, 0.717) is 35.3 Å². The van der Waals surface area contributed by atoms with E-state index < -0.39 is 11.9 Å². The minimum absolute atomic E-state index is 0.0211. The third-order valence-corrected chi connectivity index (χ3v) is 8.16. The van der Waals surface area contributed by atoms with Crippen LogP contribution in [-0.4, -0.2) is 90.8 Å². The number of halogens is 2. The van der Waals surface area contributed by atoms with Gasteiger partial charge in [0.25, 0.3) is 5.91 Å². The summed E-state index contributed by atoms with van der Waals surface area (Å²) >= 11 is 5.73. The van der Waals surface area contributed by atoms with Gasteiger partial charge in [-0.3, -0.25) is 14.4 Å². The molecule has 0 aromatic heterocycles. The standard InChI is InChI=1S/C19H15ClFN3O3.C9H18N2/c20-14-3-1-12(8-15(14)21)11-2-4-16-13(7-11)19(27)24-6-5-23(10-25)9-17(24)18(26)22-16;1-2-8-11(7-1)9-3-5-10-6-4-9/h1-4,7-8,10,17H,5-6,9H2,(H,22,26);9-10H,1-8H2. The molecule has 3 amide bonds. The van der Waals surface area contributed by atoms with Crippen molar-refractivity contribution in [3.05, 3.63) is 52.8 Å². The molecule has 2 aromatic rings. The van der Waals surface area contributed by atoms with Crippen LogP contribution in [0.3, 0.4) is 0 Å². The van der Waals surface area contributed by atoms with Gasteiger partial charge in [0.15, 0.2) is 0 Å². The fourth-order valence-electron chi connectivity index (χ4n) is 5.70. The van der Waals surface area contributed by atoms with Gasteiger partial charge in [-0.25, -0.2) is 4.39 Å². The second kappa shape index (κ2) is 11.8. The third-order valence-electron chi connectivity index (χ3n) is 7.85. The molecule has 10 heteroatoms. The molecule has 4 aliphatic heterocycles. The zero-order valence-corrected chi connectivity index (χ0v) is 22.1. The van der Waals surface area contributed by atoms with Crippen molar-refractivity contribution >= 4 is 35.5 Å². The Hall–Kier alpha value is -3.01. The number of carbonyl (C=O) groups is 3. The molecule has 1 unspecified atom stereocenters. The molecule has 3 saturated heterocycles. The topological polar surface area (TPSA) is 85.0 Å². The van der Waals surface area contributed by atoms with Gasteiger partial charge in [0, 0.05) is 25.7 Å². The first-order chi connectivity index (χ1) is 18.4. The number of carbonyl (C=O) groups excluding carboxylic acids is 3. The molecule has 1 atom stereocenters. The van der Waals surface area contributed by atoms with E-state index in [1.807, 2.05) is 0 Å². The Labute approximate surface area is 227 Å². The predicted octanol–water partition coefficient (Wildman–Crippen LogP) is 3.22. The Morgan fingerprint density at radius 2 is 1.66 bits per heavy atom. The normalized spacial score (nSPS) is 22.1. The highest BCUT2D eigenvalue weighted by atomic mass is 35.5. The molecular formula is C28H33ClFN5O3. The fraction of sp³-hybridized carbons (Fsp3) is 0.464. The Kier molecular flexibility index (Phi) is 8.26. The highest BCUT2D eigenvalue weighted by molar-refractivity contribution is 6.30. The summed E-state index contributed by atoms with van der Waals surface area (Å²) in [6, 6.07) is 9.57. The van der Waals surface area contributed by atoms with Crippen LogP contribution in [0.25, 0.3) is 11.1 Å². The van der Waals surface area contributed by atoms with Crippen LogP contribution in [0, 0.1) is 5.82 Å². The van der Waals surface area contributed by atoms with E-state index in [9.17, 15) is 18.8 Å². The average Bonchev–Trinajstić information content (AvgIpc) is 3.47. The van der Waals surface area contributed by atoms with Gasteiger partial charge in [-0.2, -0.15) is 0 Å². The van der Waals surface area contributed by atoms with E-state index >= 15 is 0 Å². The summed E-state index contributed by atoms with van der Waals surface area (Å²) in [5.74, 6) is -1.18. The first kappa shape index (κ1) is 26.6. The SMILES string of the molecule is C1CCN(C2CCNCC2)C1.O=CN1CCN2C(=O)c3cc(-c4ccc(Cl)c(F)c4)ccc3NC(=O)C2C1. The van der Waals surface area contributed by atoms with E-state index in [2.05, 4.69) is 15.5 Å². The van der Waals surface area contributed by atoms with Crippen molar-refractivity contribution in [2.24, 2.45) is 0 Å². The minimum atomic E-state index is -0.736. The Bertz CT molecular complexity index is 1200. The zero-order valence-electron chi connectivity index (χ0n) is 21.3. The zero-order chi connectivity index (χ0) is 26.6. The molecule has 2 aromatic carbocycles. The summed E-state index contributed by atoms with van der Waals surface area (Å²) in [4.78, 5) is 42.3. The third kappa shape index (κ3) is 5.70. The maximum Gasteiger partial charge on any atom is 0.256 e. The maximum absolute atomic E-state index is 13.8. The van der Waals surface area contributed by atoms with Crippen LogP contribution in [0.1, 0.15) is 36.0 Å². The summed E-state index contributed by atoms with van der Waals surface area (Å²) in [6.45, 7) is 6.01. The van der Waals surface area contributed by atoms with Crippen molar-refractivity contribution < 1.29 is 18.8 Å². The van der Waals surface area contributed by atoms with Gasteiger partial charge >= 0.3 is 0 Å². The van der Waals surface area contributed by atoms with Crippen LogP contribution >= 0.6 is 11.6 Å². The second-order valence-corrected chi connectivity index (χ2v) is 10.6. The molecule has 6 rings (SSSR count). The van der Waals surface area contributed by atoms with Crippen molar-refractivity contribution in [3.63, 3.8) is 0 Å². The number of rotatable bonds is 3. The number of fused-ring (bicyclic) bond motifs is 2. The fourth-order valence-corrected chi connectivity index (χ4v) is 5.82. The highest BCUT2D eigenvalue weighted by Crippen LogP contribution is 2.31. The molecule has 0 saturated carbocycles. The monoisotopic (exact) mass is 541 g/mol. The van der Waals surface area contributed by atoms with Gasteiger partial charge in [0.1, 0.15) is 11.9 Å². The quantitative estimate of drug-likeness (QED) is 0.583. The van der Waals surface area contributed by atoms with Crippen LogP contribution in [0.15, 0.2) is 36.4 Å². The molecule has 4 aliphatic rings. The molecule has 202 valence electrons. The molecule has 0 bridgehead atoms. The van der Waals surface area contributed by atoms with Crippen molar-refractivity contribution in [1.29, 1.82) is 0 Å². The number of benzene rings is 2. The van der Waals surface area contributed by atoms with E-state index in [1.165, 1.54) is 73.8 Å². The number of amides is 3. The number of piperazine rings is 1. The number of likely N-dealkylation sites (tertiary alicyclic amines) is 1. The first-order valence-electron chi connectivity index (χ1n) is 13.3. The second-order valence-electron chi connectivity index (χ2n) is 10.2. The Balaban J connectivity index is 0.000000222. The Morgan fingerprint density at radius 3 is 2.37 bits per heavy atom. The Morgan fingerprint density at radius 1 is 0.947 bits per heavy atom. The molecule has 0 aliphatic carbocycles. The molecule has 3 fully saturated rings. The summed E-state index contributed by atoms with van der Waals surface area (Å²) in [7, 11) is 0. The molecule has 4 heterocycles. The summed E-state index contributed by atoms with van der Waals surface area (Å²) in [5, 5.41) is 6.19. The molecule has 38 heavy (non-hydrogen) atoms. The molecular weight excluding hydrogens is 509 g/mol. The van der Waals surface area contributed by atoms with Crippen molar-refractivity contribution in [2.75, 3.05) is 51.1 Å². The van der Waals surface area contributed by atoms with Crippen molar-refractivity contribution in [1.82, 2.24) is 20.0 Å². The summed E-state index contributed by atoms with van der Waals surface area (Å²) in [6.07, 6.45) is 6.30. The van der Waals surface area contributed by atoms with E-state index in [-0.39, 0.29) is 29.9 Å². The molecule has 2 N–H and O–H groups in total. The van der Waals surface area contributed by atoms with Crippen LogP contribution in [0.5, 0.6) is 0 Å². The van der Waals surface area contributed by atoms with Gasteiger partial charge in [0.05, 0.1) is 16.3 Å². The lowest BCUT2D eigenvalue weighted by Gasteiger charge is -2.37. The first-order valence-corrected chi connectivity index (χ1v) is 13.7. The molecule has 0 spiro atoms. The van der Waals surface area contributed by atoms with Gasteiger partial charge in [0.2, 0.25) is 12.3 Å². The predicted molar refractivity (Wildman–Crippen MR) is 145 cm³/mol. The van der Waals surface area contributed by atoms with Gasteiger partial charge in [-0.05, 0) is 87.3 Å². The summed E-state index contributed by atoms with van der Waals surface area (Å²) in [5.41, 5.74) is 1.94. The van der Waals surface area contributed by atoms with Gasteiger partial charge in [-0.15, -0.1) is 0 Å². The van der Waals surface area contributed by atoms with Crippen LogP contribution in [-0.2, 0) is 9.59 Å². The van der Waals surface area contributed by atoms with Crippen LogP contribution in [0.2, 0.25) is 5.02 Å².